The van der Waals surface area contributed by atoms with Crippen LogP contribution in [-0.4, -0.2) is 45.5 Å². The Morgan fingerprint density at radius 1 is 0.905 bits per heavy atom. The van der Waals surface area contributed by atoms with Gasteiger partial charge in [-0.15, -0.1) is 0 Å². The molecule has 0 aliphatic rings. The van der Waals surface area contributed by atoms with Crippen LogP contribution in [0.4, 0.5) is 0 Å². The maximum absolute atomic E-state index is 12.7. The van der Waals surface area contributed by atoms with Crippen LogP contribution in [0.3, 0.4) is 0 Å². The summed E-state index contributed by atoms with van der Waals surface area (Å²) in [5.74, 6) is 1.65. The predicted octanol–water partition coefficient (Wildman–Crippen LogP) is 10.4. The first-order chi connectivity index (χ1) is 20.1. The Balaban J connectivity index is 2.25. The molecule has 0 fully saturated rings. The summed E-state index contributed by atoms with van der Waals surface area (Å²) in [7, 11) is -4.50. The van der Waals surface area contributed by atoms with Crippen molar-refractivity contribution in [2.24, 2.45) is 0 Å². The molecule has 0 saturated carbocycles. The quantitative estimate of drug-likeness (QED) is 0.0739. The highest BCUT2D eigenvalue weighted by Gasteiger charge is 2.54. The number of carbonyl (C=O) groups is 1. The number of carboxylic acid groups (broad SMARTS) is 1. The van der Waals surface area contributed by atoms with E-state index in [1.807, 2.05) is 6.92 Å². The number of aryl methyl sites for hydroxylation is 1. The smallest absolute Gasteiger partial charge is 0.371 e. The van der Waals surface area contributed by atoms with Gasteiger partial charge in [0.25, 0.3) is 5.34 Å². The first-order valence-electron chi connectivity index (χ1n) is 16.7. The van der Waals surface area contributed by atoms with Crippen LogP contribution in [0.5, 0.6) is 0 Å². The lowest BCUT2D eigenvalue weighted by molar-refractivity contribution is -0.155. The molecule has 244 valence electrons. The molecule has 0 heterocycles. The Kier molecular flexibility index (Phi) is 21.1. The standard InChI is InChI=1S/C34H61O6PS/c1-6-9-10-13-17-22-31(32-23-19-21-30(8-3)28-32)24-27-42-26-18-15-12-11-14-16-20-29(4)40-41(37,38)34(5,33(35)36)39-25-7-2/h19,21,23,28-29,31H,6-18,20,22,24-27H2,1-5H3,(H,35,36)(H,37,38). The number of unbranched alkanes of at least 4 members (excludes halogenated alkanes) is 9. The number of benzene rings is 1. The molecular formula is C34H61O6PS. The van der Waals surface area contributed by atoms with Crippen molar-refractivity contribution in [2.45, 2.75) is 155 Å². The Bertz CT molecular complexity index is 897. The number of rotatable bonds is 27. The average Bonchev–Trinajstić information content (AvgIpc) is 2.96. The molecule has 8 heteroatoms. The summed E-state index contributed by atoms with van der Waals surface area (Å²) in [5.41, 5.74) is 2.98. The van der Waals surface area contributed by atoms with Gasteiger partial charge in [0, 0.05) is 6.61 Å². The van der Waals surface area contributed by atoms with Gasteiger partial charge in [-0.3, -0.25) is 4.57 Å². The molecule has 0 aromatic heterocycles. The molecule has 0 radical (unpaired) electrons. The fourth-order valence-corrected chi connectivity index (χ4v) is 7.53. The first kappa shape index (κ1) is 39.2. The monoisotopic (exact) mass is 628 g/mol. The zero-order valence-electron chi connectivity index (χ0n) is 27.3. The lowest BCUT2D eigenvalue weighted by Gasteiger charge is -2.31. The van der Waals surface area contributed by atoms with Gasteiger partial charge in [0.2, 0.25) is 0 Å². The van der Waals surface area contributed by atoms with E-state index in [1.54, 1.807) is 6.92 Å². The third-order valence-electron chi connectivity index (χ3n) is 8.09. The average molecular weight is 629 g/mol. The Hall–Kier alpha value is -0.850. The molecule has 1 aromatic rings. The molecular weight excluding hydrogens is 567 g/mol. The van der Waals surface area contributed by atoms with Crippen LogP contribution >= 0.6 is 19.4 Å². The van der Waals surface area contributed by atoms with E-state index in [9.17, 15) is 19.4 Å². The maximum atomic E-state index is 12.7. The van der Waals surface area contributed by atoms with E-state index in [4.69, 9.17) is 9.26 Å². The number of thioether (sulfide) groups is 1. The van der Waals surface area contributed by atoms with Gasteiger partial charge in [0.1, 0.15) is 0 Å². The lowest BCUT2D eigenvalue weighted by Crippen LogP contribution is -2.39. The molecule has 0 aliphatic heterocycles. The fourth-order valence-electron chi connectivity index (χ4n) is 5.17. The van der Waals surface area contributed by atoms with Gasteiger partial charge in [-0.05, 0) is 80.9 Å². The SMILES string of the molecule is CCCCCCCC(CCSCCCCCCCCC(C)OP(=O)(O)C(C)(OCCC)C(=O)O)c1cccc(CC)c1. The van der Waals surface area contributed by atoms with Crippen molar-refractivity contribution in [1.82, 2.24) is 0 Å². The van der Waals surface area contributed by atoms with Crippen LogP contribution in [0.25, 0.3) is 0 Å². The van der Waals surface area contributed by atoms with Gasteiger partial charge in [0.05, 0.1) is 6.10 Å². The molecule has 6 nitrogen and oxygen atoms in total. The van der Waals surface area contributed by atoms with Crippen molar-refractivity contribution >= 4 is 25.3 Å². The van der Waals surface area contributed by atoms with E-state index in [0.29, 0.717) is 18.8 Å². The minimum atomic E-state index is -4.50. The molecule has 0 bridgehead atoms. The molecule has 1 rings (SSSR count). The lowest BCUT2D eigenvalue weighted by atomic mass is 9.89. The second-order valence-electron chi connectivity index (χ2n) is 11.9. The third kappa shape index (κ3) is 15.2. The van der Waals surface area contributed by atoms with Crippen molar-refractivity contribution in [3.63, 3.8) is 0 Å². The van der Waals surface area contributed by atoms with E-state index in [-0.39, 0.29) is 6.61 Å². The molecule has 4 unspecified atom stereocenters. The highest BCUT2D eigenvalue weighted by molar-refractivity contribution is 7.99. The van der Waals surface area contributed by atoms with Crippen LogP contribution < -0.4 is 0 Å². The summed E-state index contributed by atoms with van der Waals surface area (Å²) >= 11 is 2.10. The number of hydrogen-bond acceptors (Lipinski definition) is 5. The highest BCUT2D eigenvalue weighted by atomic mass is 32.2. The molecule has 4 atom stereocenters. The van der Waals surface area contributed by atoms with Gasteiger partial charge < -0.3 is 19.3 Å². The number of carboxylic acids is 1. The largest absolute Gasteiger partial charge is 0.479 e. The van der Waals surface area contributed by atoms with Gasteiger partial charge >= 0.3 is 13.6 Å². The summed E-state index contributed by atoms with van der Waals surface area (Å²) in [6.07, 6.45) is 17.8. The van der Waals surface area contributed by atoms with E-state index in [2.05, 4.69) is 49.9 Å². The Labute approximate surface area is 261 Å². The van der Waals surface area contributed by atoms with Crippen LogP contribution in [-0.2, 0) is 25.0 Å². The van der Waals surface area contributed by atoms with Crippen LogP contribution in [0.2, 0.25) is 0 Å². The normalized spacial score (nSPS) is 16.0. The molecule has 1 aromatic carbocycles. The topological polar surface area (TPSA) is 93.1 Å². The predicted molar refractivity (Wildman–Crippen MR) is 179 cm³/mol. The summed E-state index contributed by atoms with van der Waals surface area (Å²) < 4.78 is 23.3. The summed E-state index contributed by atoms with van der Waals surface area (Å²) in [6, 6.07) is 9.26. The molecule has 0 spiro atoms. The molecule has 42 heavy (non-hydrogen) atoms. The van der Waals surface area contributed by atoms with Crippen LogP contribution in [0.1, 0.15) is 148 Å². The molecule has 0 amide bonds. The van der Waals surface area contributed by atoms with E-state index in [1.165, 1.54) is 86.8 Å². The second-order valence-corrected chi connectivity index (χ2v) is 15.2. The van der Waals surface area contributed by atoms with Crippen LogP contribution in [0.15, 0.2) is 24.3 Å². The van der Waals surface area contributed by atoms with Crippen molar-refractivity contribution in [3.05, 3.63) is 35.4 Å². The third-order valence-corrected chi connectivity index (χ3v) is 11.2. The van der Waals surface area contributed by atoms with Crippen molar-refractivity contribution in [2.75, 3.05) is 18.1 Å². The van der Waals surface area contributed by atoms with E-state index >= 15 is 0 Å². The maximum Gasteiger partial charge on any atom is 0.371 e. The van der Waals surface area contributed by atoms with Gasteiger partial charge in [-0.2, -0.15) is 11.8 Å². The minimum Gasteiger partial charge on any atom is -0.479 e. The summed E-state index contributed by atoms with van der Waals surface area (Å²) in [6.45, 7) is 9.25. The second kappa shape index (κ2) is 22.6. The van der Waals surface area contributed by atoms with Crippen LogP contribution in [0, 0.1) is 0 Å². The number of hydrogen-bond donors (Lipinski definition) is 2. The summed E-state index contributed by atoms with van der Waals surface area (Å²) in [5, 5.41) is 7.23. The van der Waals surface area contributed by atoms with E-state index in [0.717, 1.165) is 32.6 Å². The van der Waals surface area contributed by atoms with Crippen molar-refractivity contribution in [3.8, 4) is 0 Å². The van der Waals surface area contributed by atoms with E-state index < -0.39 is 25.0 Å². The first-order valence-corrected chi connectivity index (χ1v) is 19.4. The minimum absolute atomic E-state index is 0.0802. The van der Waals surface area contributed by atoms with Gasteiger partial charge in [-0.1, -0.05) is 109 Å². The Morgan fingerprint density at radius 2 is 1.55 bits per heavy atom. The number of aliphatic carboxylic acids is 1. The highest BCUT2D eigenvalue weighted by Crippen LogP contribution is 2.57. The Morgan fingerprint density at radius 3 is 2.19 bits per heavy atom. The molecule has 2 N–H and O–H groups in total. The summed E-state index contributed by atoms with van der Waals surface area (Å²) in [4.78, 5) is 22.0. The van der Waals surface area contributed by atoms with Gasteiger partial charge in [0.15, 0.2) is 0 Å². The molecule has 0 saturated heterocycles. The zero-order valence-corrected chi connectivity index (χ0v) is 29.0. The number of ether oxygens (including phenoxy) is 1. The van der Waals surface area contributed by atoms with Crippen molar-refractivity contribution in [1.29, 1.82) is 0 Å². The zero-order chi connectivity index (χ0) is 31.3. The fraction of sp³-hybridized carbons (Fsp3) is 0.794. The molecule has 0 aliphatic carbocycles. The van der Waals surface area contributed by atoms with Gasteiger partial charge in [-0.25, -0.2) is 4.79 Å². The van der Waals surface area contributed by atoms with Crippen molar-refractivity contribution < 1.29 is 28.6 Å².